The minimum absolute atomic E-state index is 0.0389. The number of carbonyl (C=O) groups excluding carboxylic acids is 3. The first-order valence-corrected chi connectivity index (χ1v) is 7.10. The standard InChI is InChI=1S/C14H23NO5/c1-3-20-13(17)9-8-12(16)15(10-14(18)19-2)11-6-4-5-7-11/h11H,3-10H2,1-2H3. The van der Waals surface area contributed by atoms with E-state index in [0.717, 1.165) is 25.7 Å². The molecule has 0 N–H and O–H groups in total. The van der Waals surface area contributed by atoms with E-state index in [9.17, 15) is 14.4 Å². The van der Waals surface area contributed by atoms with Gasteiger partial charge in [-0.1, -0.05) is 12.8 Å². The molecule has 1 saturated carbocycles. The molecule has 1 aliphatic carbocycles. The van der Waals surface area contributed by atoms with Crippen LogP contribution in [0.4, 0.5) is 0 Å². The molecule has 114 valence electrons. The lowest BCUT2D eigenvalue weighted by Gasteiger charge is -2.27. The molecule has 6 nitrogen and oxygen atoms in total. The molecule has 0 spiro atoms. The molecule has 0 unspecified atom stereocenters. The zero-order chi connectivity index (χ0) is 15.0. The van der Waals surface area contributed by atoms with E-state index in [1.54, 1.807) is 11.8 Å². The minimum Gasteiger partial charge on any atom is -0.468 e. The number of rotatable bonds is 7. The highest BCUT2D eigenvalue weighted by molar-refractivity contribution is 5.85. The molecule has 0 aliphatic heterocycles. The largest absolute Gasteiger partial charge is 0.468 e. The maximum atomic E-state index is 12.2. The molecule has 0 heterocycles. The number of amides is 1. The highest BCUT2D eigenvalue weighted by Gasteiger charge is 2.28. The van der Waals surface area contributed by atoms with Crippen molar-refractivity contribution in [1.29, 1.82) is 0 Å². The smallest absolute Gasteiger partial charge is 0.325 e. The number of carbonyl (C=O) groups is 3. The van der Waals surface area contributed by atoms with Crippen molar-refractivity contribution in [2.75, 3.05) is 20.3 Å². The van der Waals surface area contributed by atoms with Gasteiger partial charge in [0.25, 0.3) is 0 Å². The van der Waals surface area contributed by atoms with Crippen LogP contribution < -0.4 is 0 Å². The van der Waals surface area contributed by atoms with Gasteiger partial charge < -0.3 is 14.4 Å². The Hall–Kier alpha value is -1.59. The van der Waals surface area contributed by atoms with Gasteiger partial charge in [-0.25, -0.2) is 0 Å². The average Bonchev–Trinajstić information content (AvgIpc) is 2.96. The Morgan fingerprint density at radius 3 is 2.30 bits per heavy atom. The molecule has 0 bridgehead atoms. The Bertz CT molecular complexity index is 349. The summed E-state index contributed by atoms with van der Waals surface area (Å²) in [7, 11) is 1.30. The summed E-state index contributed by atoms with van der Waals surface area (Å²) in [6.45, 7) is 1.99. The van der Waals surface area contributed by atoms with Gasteiger partial charge >= 0.3 is 11.9 Å². The third-order valence-corrected chi connectivity index (χ3v) is 3.46. The van der Waals surface area contributed by atoms with E-state index in [1.807, 2.05) is 0 Å². The second-order valence-electron chi connectivity index (χ2n) is 4.84. The maximum Gasteiger partial charge on any atom is 0.325 e. The van der Waals surface area contributed by atoms with E-state index in [0.29, 0.717) is 6.61 Å². The lowest BCUT2D eigenvalue weighted by molar-refractivity contribution is -0.150. The lowest BCUT2D eigenvalue weighted by atomic mass is 10.1. The van der Waals surface area contributed by atoms with E-state index < -0.39 is 5.97 Å². The molecule has 0 aromatic heterocycles. The Morgan fingerprint density at radius 1 is 1.10 bits per heavy atom. The van der Waals surface area contributed by atoms with Gasteiger partial charge in [-0.2, -0.15) is 0 Å². The normalized spacial score (nSPS) is 14.9. The predicted octanol–water partition coefficient (Wildman–Crippen LogP) is 1.27. The van der Waals surface area contributed by atoms with Crippen molar-refractivity contribution in [3.63, 3.8) is 0 Å². The zero-order valence-corrected chi connectivity index (χ0v) is 12.2. The quantitative estimate of drug-likeness (QED) is 0.659. The summed E-state index contributed by atoms with van der Waals surface area (Å²) in [5, 5.41) is 0. The van der Waals surface area contributed by atoms with Crippen LogP contribution in [0.1, 0.15) is 45.4 Å². The SMILES string of the molecule is CCOC(=O)CCC(=O)N(CC(=O)OC)C1CCCC1. The van der Waals surface area contributed by atoms with Gasteiger partial charge in [-0.15, -0.1) is 0 Å². The van der Waals surface area contributed by atoms with E-state index in [2.05, 4.69) is 4.74 Å². The maximum absolute atomic E-state index is 12.2. The predicted molar refractivity (Wildman–Crippen MR) is 71.9 cm³/mol. The van der Waals surface area contributed by atoms with E-state index in [-0.39, 0.29) is 37.3 Å². The monoisotopic (exact) mass is 285 g/mol. The summed E-state index contributed by atoms with van der Waals surface area (Å²) in [5.74, 6) is -0.998. The van der Waals surface area contributed by atoms with Crippen molar-refractivity contribution in [3.05, 3.63) is 0 Å². The van der Waals surface area contributed by atoms with Gasteiger partial charge in [0.15, 0.2) is 0 Å². The van der Waals surface area contributed by atoms with Crippen LogP contribution in [0.25, 0.3) is 0 Å². The molecule has 0 aromatic carbocycles. The molecule has 0 aromatic rings. The van der Waals surface area contributed by atoms with Crippen LogP contribution in [0.5, 0.6) is 0 Å². The van der Waals surface area contributed by atoms with Crippen molar-refractivity contribution in [2.45, 2.75) is 51.5 Å². The van der Waals surface area contributed by atoms with Gasteiger partial charge in [0.1, 0.15) is 6.54 Å². The van der Waals surface area contributed by atoms with Crippen LogP contribution >= 0.6 is 0 Å². The molecule has 0 saturated heterocycles. The molecular weight excluding hydrogens is 262 g/mol. The molecule has 1 fully saturated rings. The van der Waals surface area contributed by atoms with Crippen LogP contribution in [-0.4, -0.2) is 49.0 Å². The summed E-state index contributed by atoms with van der Waals surface area (Å²) in [6.07, 6.45) is 4.06. The fourth-order valence-corrected chi connectivity index (χ4v) is 2.43. The highest BCUT2D eigenvalue weighted by Crippen LogP contribution is 2.24. The first kappa shape index (κ1) is 16.5. The highest BCUT2D eigenvalue weighted by atomic mass is 16.5. The number of hydrogen-bond donors (Lipinski definition) is 0. The second kappa shape index (κ2) is 8.55. The van der Waals surface area contributed by atoms with Crippen molar-refractivity contribution in [2.24, 2.45) is 0 Å². The van der Waals surface area contributed by atoms with Crippen molar-refractivity contribution < 1.29 is 23.9 Å². The van der Waals surface area contributed by atoms with Crippen LogP contribution in [0.3, 0.4) is 0 Å². The average molecular weight is 285 g/mol. The van der Waals surface area contributed by atoms with E-state index in [1.165, 1.54) is 7.11 Å². The molecular formula is C14H23NO5. The van der Waals surface area contributed by atoms with Crippen LogP contribution in [0.15, 0.2) is 0 Å². The Balaban J connectivity index is 2.54. The third-order valence-electron chi connectivity index (χ3n) is 3.46. The third kappa shape index (κ3) is 5.19. The Morgan fingerprint density at radius 2 is 1.75 bits per heavy atom. The first-order chi connectivity index (χ1) is 9.58. The summed E-state index contributed by atoms with van der Waals surface area (Å²) in [4.78, 5) is 36.5. The number of methoxy groups -OCH3 is 1. The summed E-state index contributed by atoms with van der Waals surface area (Å²) >= 11 is 0. The molecule has 0 atom stereocenters. The summed E-state index contributed by atoms with van der Waals surface area (Å²) in [5.41, 5.74) is 0. The molecule has 1 aliphatic rings. The number of nitrogens with zero attached hydrogens (tertiary/aromatic N) is 1. The number of ether oxygens (including phenoxy) is 2. The van der Waals surface area contributed by atoms with E-state index >= 15 is 0 Å². The van der Waals surface area contributed by atoms with Gasteiger partial charge in [0.05, 0.1) is 20.1 Å². The fourth-order valence-electron chi connectivity index (χ4n) is 2.43. The topological polar surface area (TPSA) is 72.9 Å². The minimum atomic E-state index is -0.429. The van der Waals surface area contributed by atoms with E-state index in [4.69, 9.17) is 4.74 Å². The van der Waals surface area contributed by atoms with Crippen LogP contribution in [-0.2, 0) is 23.9 Å². The number of hydrogen-bond acceptors (Lipinski definition) is 5. The van der Waals surface area contributed by atoms with Crippen molar-refractivity contribution >= 4 is 17.8 Å². The fraction of sp³-hybridized carbons (Fsp3) is 0.786. The van der Waals surface area contributed by atoms with Gasteiger partial charge in [-0.05, 0) is 19.8 Å². The van der Waals surface area contributed by atoms with Crippen LogP contribution in [0.2, 0.25) is 0 Å². The Labute approximate surface area is 119 Å². The van der Waals surface area contributed by atoms with Crippen molar-refractivity contribution in [3.8, 4) is 0 Å². The Kier molecular flexibility index (Phi) is 7.04. The lowest BCUT2D eigenvalue weighted by Crippen LogP contribution is -2.42. The summed E-state index contributed by atoms with van der Waals surface area (Å²) < 4.78 is 9.43. The first-order valence-electron chi connectivity index (χ1n) is 7.10. The van der Waals surface area contributed by atoms with Crippen molar-refractivity contribution in [1.82, 2.24) is 4.90 Å². The molecule has 1 amide bonds. The molecule has 20 heavy (non-hydrogen) atoms. The van der Waals surface area contributed by atoms with Crippen LogP contribution in [0, 0.1) is 0 Å². The van der Waals surface area contributed by atoms with Gasteiger partial charge in [0.2, 0.25) is 5.91 Å². The second-order valence-corrected chi connectivity index (χ2v) is 4.84. The zero-order valence-electron chi connectivity index (χ0n) is 12.2. The van der Waals surface area contributed by atoms with Gasteiger partial charge in [0, 0.05) is 12.5 Å². The molecule has 1 rings (SSSR count). The van der Waals surface area contributed by atoms with Gasteiger partial charge in [-0.3, -0.25) is 14.4 Å². The number of esters is 2. The summed E-state index contributed by atoms with van der Waals surface area (Å²) in [6, 6.07) is 0.0868. The molecule has 6 heteroatoms. The molecule has 0 radical (unpaired) electrons.